The summed E-state index contributed by atoms with van der Waals surface area (Å²) in [6.07, 6.45) is 0.933. The largest absolute Gasteiger partial charge is 0.340 e. The molecule has 0 aliphatic carbocycles. The molecule has 1 nitrogen and oxygen atoms in total. The molecule has 0 unspecified atom stereocenters. The Morgan fingerprint density at radius 1 is 0.682 bits per heavy atom. The number of hydrogen-bond donors (Lipinski definition) is 0. The third kappa shape index (κ3) is 2.18. The normalized spacial score (nSPS) is 11.3. The lowest BCUT2D eigenvalue weighted by molar-refractivity contribution is 0.745. The summed E-state index contributed by atoms with van der Waals surface area (Å²) in [6, 6.07) is 25.3. The first-order chi connectivity index (χ1) is 10.8. The quantitative estimate of drug-likeness (QED) is 0.458. The average molecular weight is 306 g/mol. The molecule has 0 fully saturated rings. The molecule has 0 aliphatic heterocycles. The topological polar surface area (TPSA) is 4.93 Å². The average Bonchev–Trinajstić information content (AvgIpc) is 2.89. The Labute approximate surface area is 134 Å². The fourth-order valence-corrected chi connectivity index (χ4v) is 3.41. The number of nitrogens with zero attached hydrogens (tertiary/aromatic N) is 1. The van der Waals surface area contributed by atoms with Gasteiger partial charge < -0.3 is 4.57 Å². The summed E-state index contributed by atoms with van der Waals surface area (Å²) in [6.45, 7) is 0.928. The third-order valence-electron chi connectivity index (χ3n) is 4.24. The van der Waals surface area contributed by atoms with Gasteiger partial charge in [-0.1, -0.05) is 66.2 Å². The molecular formula is C20H16ClN. The van der Waals surface area contributed by atoms with E-state index < -0.39 is 0 Å². The van der Waals surface area contributed by atoms with Crippen molar-refractivity contribution >= 4 is 33.4 Å². The molecule has 3 aromatic carbocycles. The molecule has 0 saturated carbocycles. The Hall–Kier alpha value is -2.25. The van der Waals surface area contributed by atoms with E-state index in [1.54, 1.807) is 0 Å². The van der Waals surface area contributed by atoms with Gasteiger partial charge in [-0.05, 0) is 30.2 Å². The second kappa shape index (κ2) is 5.51. The Kier molecular flexibility index (Phi) is 3.36. The summed E-state index contributed by atoms with van der Waals surface area (Å²) in [5.41, 5.74) is 3.78. The number of aromatic nitrogens is 1. The summed E-state index contributed by atoms with van der Waals surface area (Å²) in [5, 5.41) is 3.48. The predicted octanol–water partition coefficient (Wildman–Crippen LogP) is 5.69. The van der Waals surface area contributed by atoms with E-state index in [-0.39, 0.29) is 0 Å². The summed E-state index contributed by atoms with van der Waals surface area (Å²) in [7, 11) is 0. The minimum absolute atomic E-state index is 0.850. The number of fused-ring (bicyclic) bond motifs is 3. The highest BCUT2D eigenvalue weighted by molar-refractivity contribution is 6.31. The van der Waals surface area contributed by atoms with Crippen molar-refractivity contribution < 1.29 is 0 Å². The fourth-order valence-electron chi connectivity index (χ4n) is 3.18. The van der Waals surface area contributed by atoms with Crippen molar-refractivity contribution in [2.45, 2.75) is 13.0 Å². The van der Waals surface area contributed by atoms with Crippen molar-refractivity contribution in [1.29, 1.82) is 0 Å². The van der Waals surface area contributed by atoms with Gasteiger partial charge >= 0.3 is 0 Å². The molecule has 0 N–H and O–H groups in total. The Bertz CT molecular complexity index is 899. The number of para-hydroxylation sites is 2. The van der Waals surface area contributed by atoms with Crippen molar-refractivity contribution in [3.8, 4) is 0 Å². The van der Waals surface area contributed by atoms with E-state index in [0.29, 0.717) is 0 Å². The number of aryl methyl sites for hydroxylation is 2. The molecule has 22 heavy (non-hydrogen) atoms. The molecule has 0 aliphatic rings. The fraction of sp³-hybridized carbons (Fsp3) is 0.100. The maximum absolute atomic E-state index is 6.29. The van der Waals surface area contributed by atoms with Crippen LogP contribution in [-0.2, 0) is 13.0 Å². The van der Waals surface area contributed by atoms with E-state index in [1.807, 2.05) is 18.2 Å². The van der Waals surface area contributed by atoms with Crippen LogP contribution < -0.4 is 0 Å². The van der Waals surface area contributed by atoms with Crippen LogP contribution in [0, 0.1) is 0 Å². The highest BCUT2D eigenvalue weighted by atomic mass is 35.5. The molecule has 1 heterocycles. The molecule has 4 rings (SSSR count). The molecule has 0 radical (unpaired) electrons. The molecule has 0 saturated heterocycles. The number of hydrogen-bond acceptors (Lipinski definition) is 0. The summed E-state index contributed by atoms with van der Waals surface area (Å²) >= 11 is 6.29. The summed E-state index contributed by atoms with van der Waals surface area (Å²) in [5.74, 6) is 0. The van der Waals surface area contributed by atoms with E-state index in [1.165, 1.54) is 27.4 Å². The highest BCUT2D eigenvalue weighted by Gasteiger charge is 2.09. The van der Waals surface area contributed by atoms with Crippen LogP contribution >= 0.6 is 11.6 Å². The van der Waals surface area contributed by atoms with Gasteiger partial charge in [0.05, 0.1) is 0 Å². The van der Waals surface area contributed by atoms with Crippen molar-refractivity contribution in [2.24, 2.45) is 0 Å². The summed E-state index contributed by atoms with van der Waals surface area (Å²) < 4.78 is 2.40. The first-order valence-corrected chi connectivity index (χ1v) is 7.92. The molecule has 0 atom stereocenters. The second-order valence-electron chi connectivity index (χ2n) is 5.53. The zero-order chi connectivity index (χ0) is 14.9. The van der Waals surface area contributed by atoms with Crippen LogP contribution in [0.15, 0.2) is 72.8 Å². The van der Waals surface area contributed by atoms with Gasteiger partial charge in [-0.3, -0.25) is 0 Å². The van der Waals surface area contributed by atoms with E-state index in [4.69, 9.17) is 11.6 Å². The third-order valence-corrected chi connectivity index (χ3v) is 4.61. The van der Waals surface area contributed by atoms with E-state index in [0.717, 1.165) is 18.0 Å². The van der Waals surface area contributed by atoms with Crippen LogP contribution in [0.1, 0.15) is 5.56 Å². The standard InChI is InChI=1S/C20H16ClN/c21-18-10-4-1-7-15(18)13-14-22-19-11-5-2-8-16(19)17-9-3-6-12-20(17)22/h1-12H,13-14H2. The molecule has 0 spiro atoms. The minimum atomic E-state index is 0.850. The van der Waals surface area contributed by atoms with E-state index >= 15 is 0 Å². The van der Waals surface area contributed by atoms with Crippen LogP contribution in [0.25, 0.3) is 21.8 Å². The van der Waals surface area contributed by atoms with Gasteiger partial charge in [0.2, 0.25) is 0 Å². The van der Waals surface area contributed by atoms with Crippen molar-refractivity contribution in [1.82, 2.24) is 4.57 Å². The van der Waals surface area contributed by atoms with Crippen LogP contribution in [0.2, 0.25) is 5.02 Å². The van der Waals surface area contributed by atoms with Crippen molar-refractivity contribution in [3.05, 3.63) is 83.4 Å². The van der Waals surface area contributed by atoms with Gasteiger partial charge in [0.25, 0.3) is 0 Å². The number of benzene rings is 3. The molecule has 2 heteroatoms. The molecule has 108 valence electrons. The smallest absolute Gasteiger partial charge is 0.0491 e. The lowest BCUT2D eigenvalue weighted by Crippen LogP contribution is -2.01. The first-order valence-electron chi connectivity index (χ1n) is 7.54. The highest BCUT2D eigenvalue weighted by Crippen LogP contribution is 2.29. The van der Waals surface area contributed by atoms with Gasteiger partial charge in [-0.15, -0.1) is 0 Å². The lowest BCUT2D eigenvalue weighted by atomic mass is 10.1. The van der Waals surface area contributed by atoms with Crippen LogP contribution in [0.5, 0.6) is 0 Å². The summed E-state index contributed by atoms with van der Waals surface area (Å²) in [4.78, 5) is 0. The Balaban J connectivity index is 1.81. The molecule has 1 aromatic heterocycles. The maximum Gasteiger partial charge on any atom is 0.0491 e. The van der Waals surface area contributed by atoms with Gasteiger partial charge in [-0.2, -0.15) is 0 Å². The Morgan fingerprint density at radius 3 is 1.86 bits per heavy atom. The van der Waals surface area contributed by atoms with Crippen LogP contribution in [-0.4, -0.2) is 4.57 Å². The van der Waals surface area contributed by atoms with Gasteiger partial charge in [-0.25, -0.2) is 0 Å². The molecule has 4 aromatic rings. The predicted molar refractivity (Wildman–Crippen MR) is 94.6 cm³/mol. The van der Waals surface area contributed by atoms with Gasteiger partial charge in [0.15, 0.2) is 0 Å². The number of rotatable bonds is 3. The zero-order valence-corrected chi connectivity index (χ0v) is 12.9. The second-order valence-corrected chi connectivity index (χ2v) is 5.93. The van der Waals surface area contributed by atoms with Crippen molar-refractivity contribution in [3.63, 3.8) is 0 Å². The molecule has 0 amide bonds. The van der Waals surface area contributed by atoms with E-state index in [2.05, 4.69) is 59.2 Å². The monoisotopic (exact) mass is 305 g/mol. The SMILES string of the molecule is Clc1ccccc1CCn1c2ccccc2c2ccccc21. The Morgan fingerprint density at radius 2 is 1.23 bits per heavy atom. The van der Waals surface area contributed by atoms with Crippen molar-refractivity contribution in [2.75, 3.05) is 0 Å². The van der Waals surface area contributed by atoms with Gasteiger partial charge in [0.1, 0.15) is 0 Å². The first kappa shape index (κ1) is 13.4. The minimum Gasteiger partial charge on any atom is -0.340 e. The number of halogens is 1. The van der Waals surface area contributed by atoms with E-state index in [9.17, 15) is 0 Å². The molecular weight excluding hydrogens is 290 g/mol. The lowest BCUT2D eigenvalue weighted by Gasteiger charge is -2.08. The molecule has 0 bridgehead atoms. The van der Waals surface area contributed by atoms with Gasteiger partial charge in [0, 0.05) is 33.4 Å². The zero-order valence-electron chi connectivity index (χ0n) is 12.2. The van der Waals surface area contributed by atoms with Crippen LogP contribution in [0.4, 0.5) is 0 Å². The van der Waals surface area contributed by atoms with Crippen LogP contribution in [0.3, 0.4) is 0 Å². The maximum atomic E-state index is 6.29.